The van der Waals surface area contributed by atoms with Crippen LogP contribution in [0.1, 0.15) is 12.0 Å². The van der Waals surface area contributed by atoms with Crippen LogP contribution < -0.4 is 20.3 Å². The van der Waals surface area contributed by atoms with Crippen LogP contribution in [0.3, 0.4) is 0 Å². The van der Waals surface area contributed by atoms with Gasteiger partial charge in [0.05, 0.1) is 42.3 Å². The van der Waals surface area contributed by atoms with Crippen molar-refractivity contribution in [2.45, 2.75) is 23.8 Å². The van der Waals surface area contributed by atoms with E-state index < -0.39 is 11.9 Å². The van der Waals surface area contributed by atoms with Gasteiger partial charge in [0.15, 0.2) is 0 Å². The van der Waals surface area contributed by atoms with Crippen LogP contribution in [0.4, 0.5) is 20.6 Å². The number of anilines is 2. The second-order valence-corrected chi connectivity index (χ2v) is 9.25. The lowest BCUT2D eigenvalue weighted by atomic mass is 10.1. The summed E-state index contributed by atoms with van der Waals surface area (Å²) in [4.78, 5) is 35.1. The van der Waals surface area contributed by atoms with Crippen molar-refractivity contribution in [3.63, 3.8) is 0 Å². The third kappa shape index (κ3) is 5.01. The summed E-state index contributed by atoms with van der Waals surface area (Å²) >= 11 is 1.47. The lowest BCUT2D eigenvalue weighted by molar-refractivity contribution is -0.113. The molecular formula is C24H24FN5O4S. The molecule has 5 rings (SSSR count). The number of benzene rings is 1. The first-order chi connectivity index (χ1) is 17.0. The van der Waals surface area contributed by atoms with E-state index in [1.54, 1.807) is 23.1 Å². The fraction of sp³-hybridized carbons (Fsp3) is 0.333. The molecule has 0 radical (unpaired) electrons. The molecule has 2 amide bonds. The summed E-state index contributed by atoms with van der Waals surface area (Å²) in [7, 11) is 1.52. The first-order valence-electron chi connectivity index (χ1n) is 11.3. The number of ether oxygens (including phenoxy) is 2. The molecule has 1 aromatic carbocycles. The molecule has 3 aromatic rings. The minimum Gasteiger partial charge on any atom is -0.481 e. The number of carbonyl (C=O) groups excluding carboxylic acids is 2. The van der Waals surface area contributed by atoms with Crippen LogP contribution in [-0.2, 0) is 16.0 Å². The van der Waals surface area contributed by atoms with E-state index in [1.165, 1.54) is 25.1 Å². The quantitative estimate of drug-likeness (QED) is 0.457. The number of hydrogen-bond donors (Lipinski definition) is 2. The predicted molar refractivity (Wildman–Crippen MR) is 131 cm³/mol. The SMILES string of the molecule is COc1ccc2ncc(F)c(CCNCCC3CN(c4ccc5c(c4)NC(=O)CS5)C(=O)O3)c2n1. The number of methoxy groups -OCH3 is 1. The van der Waals surface area contributed by atoms with Gasteiger partial charge in [-0.3, -0.25) is 14.7 Å². The molecule has 2 N–H and O–H groups in total. The highest BCUT2D eigenvalue weighted by atomic mass is 32.2. The van der Waals surface area contributed by atoms with Crippen molar-refractivity contribution in [1.82, 2.24) is 15.3 Å². The molecule has 1 fully saturated rings. The van der Waals surface area contributed by atoms with E-state index >= 15 is 0 Å². The third-order valence-corrected chi connectivity index (χ3v) is 7.00. The van der Waals surface area contributed by atoms with Gasteiger partial charge in [-0.2, -0.15) is 0 Å². The number of carbonyl (C=O) groups is 2. The average Bonchev–Trinajstić information content (AvgIpc) is 3.24. The van der Waals surface area contributed by atoms with Gasteiger partial charge in [-0.1, -0.05) is 0 Å². The number of pyridine rings is 2. The Morgan fingerprint density at radius 1 is 1.29 bits per heavy atom. The van der Waals surface area contributed by atoms with Gasteiger partial charge in [0.1, 0.15) is 11.9 Å². The van der Waals surface area contributed by atoms with Crippen LogP contribution in [-0.4, -0.2) is 60.6 Å². The zero-order chi connectivity index (χ0) is 24.4. The number of rotatable bonds is 8. The topological polar surface area (TPSA) is 106 Å². The summed E-state index contributed by atoms with van der Waals surface area (Å²) < 4.78 is 25.1. The standard InChI is InChI=1S/C24H24FN5O4S/c1-33-22-5-3-18-23(29-22)16(17(25)11-27-18)7-9-26-8-6-15-12-30(24(32)34-15)14-2-4-20-19(10-14)28-21(31)13-35-20/h2-5,10-11,15,26H,6-9,12-13H2,1H3,(H,28,31). The van der Waals surface area contributed by atoms with Crippen molar-refractivity contribution < 1.29 is 23.5 Å². The third-order valence-electron chi connectivity index (χ3n) is 5.93. The Bertz CT molecular complexity index is 1290. The van der Waals surface area contributed by atoms with Crippen molar-refractivity contribution >= 4 is 46.2 Å². The summed E-state index contributed by atoms with van der Waals surface area (Å²) in [5.74, 6) is 0.344. The summed E-state index contributed by atoms with van der Waals surface area (Å²) in [6.45, 7) is 1.55. The zero-order valence-corrected chi connectivity index (χ0v) is 19.9. The molecule has 2 aliphatic rings. The molecule has 1 unspecified atom stereocenters. The Kier molecular flexibility index (Phi) is 6.69. The van der Waals surface area contributed by atoms with E-state index in [0.29, 0.717) is 72.1 Å². The summed E-state index contributed by atoms with van der Waals surface area (Å²) in [5.41, 5.74) is 2.99. The van der Waals surface area contributed by atoms with E-state index in [0.717, 1.165) is 4.90 Å². The molecule has 182 valence electrons. The number of fused-ring (bicyclic) bond motifs is 2. The smallest absolute Gasteiger partial charge is 0.414 e. The maximum Gasteiger partial charge on any atom is 0.414 e. The largest absolute Gasteiger partial charge is 0.481 e. The van der Waals surface area contributed by atoms with Crippen molar-refractivity contribution in [1.29, 1.82) is 0 Å². The van der Waals surface area contributed by atoms with Gasteiger partial charge in [-0.05, 0) is 50.2 Å². The van der Waals surface area contributed by atoms with Gasteiger partial charge >= 0.3 is 6.09 Å². The lowest BCUT2D eigenvalue weighted by Gasteiger charge is -2.20. The van der Waals surface area contributed by atoms with Crippen molar-refractivity contribution in [3.05, 3.63) is 47.9 Å². The molecule has 0 spiro atoms. The maximum atomic E-state index is 14.4. The molecular weight excluding hydrogens is 473 g/mol. The molecule has 1 saturated heterocycles. The summed E-state index contributed by atoms with van der Waals surface area (Å²) in [5, 5.41) is 6.13. The van der Waals surface area contributed by atoms with Gasteiger partial charge in [-0.25, -0.2) is 14.2 Å². The number of thioether (sulfide) groups is 1. The fourth-order valence-corrected chi connectivity index (χ4v) is 4.94. The van der Waals surface area contributed by atoms with Crippen molar-refractivity contribution in [2.75, 3.05) is 42.7 Å². The Morgan fingerprint density at radius 2 is 2.17 bits per heavy atom. The molecule has 35 heavy (non-hydrogen) atoms. The van der Waals surface area contributed by atoms with Gasteiger partial charge < -0.3 is 20.1 Å². The average molecular weight is 498 g/mol. The van der Waals surface area contributed by atoms with Crippen LogP contribution in [0.2, 0.25) is 0 Å². The van der Waals surface area contributed by atoms with Crippen LogP contribution in [0.15, 0.2) is 41.4 Å². The van der Waals surface area contributed by atoms with Crippen LogP contribution in [0, 0.1) is 5.82 Å². The number of halogens is 1. The molecule has 2 aromatic heterocycles. The maximum absolute atomic E-state index is 14.4. The lowest BCUT2D eigenvalue weighted by Crippen LogP contribution is -2.27. The molecule has 11 heteroatoms. The van der Waals surface area contributed by atoms with Crippen LogP contribution in [0.5, 0.6) is 5.88 Å². The van der Waals surface area contributed by atoms with Crippen LogP contribution >= 0.6 is 11.8 Å². The highest BCUT2D eigenvalue weighted by Crippen LogP contribution is 2.35. The molecule has 1 atom stereocenters. The molecule has 4 heterocycles. The van der Waals surface area contributed by atoms with Crippen LogP contribution in [0.25, 0.3) is 11.0 Å². The number of amides is 2. The van der Waals surface area contributed by atoms with E-state index in [-0.39, 0.29) is 12.0 Å². The first kappa shape index (κ1) is 23.3. The Labute approximate surface area is 205 Å². The number of nitrogens with one attached hydrogen (secondary N) is 2. The molecule has 9 nitrogen and oxygen atoms in total. The van der Waals surface area contributed by atoms with Gasteiger partial charge in [0.25, 0.3) is 0 Å². The first-order valence-corrected chi connectivity index (χ1v) is 12.2. The minimum absolute atomic E-state index is 0.0536. The number of hydrogen-bond acceptors (Lipinski definition) is 8. The van der Waals surface area contributed by atoms with E-state index in [1.807, 2.05) is 12.1 Å². The molecule has 0 aliphatic carbocycles. The summed E-state index contributed by atoms with van der Waals surface area (Å²) in [6, 6.07) is 9.02. The Morgan fingerprint density at radius 3 is 3.03 bits per heavy atom. The Hall–Kier alpha value is -3.44. The van der Waals surface area contributed by atoms with E-state index in [4.69, 9.17) is 9.47 Å². The zero-order valence-electron chi connectivity index (χ0n) is 19.0. The summed E-state index contributed by atoms with van der Waals surface area (Å²) in [6.07, 6.45) is 1.59. The van der Waals surface area contributed by atoms with E-state index in [9.17, 15) is 14.0 Å². The Balaban J connectivity index is 1.14. The molecule has 0 saturated carbocycles. The monoisotopic (exact) mass is 497 g/mol. The second-order valence-electron chi connectivity index (χ2n) is 8.23. The predicted octanol–water partition coefficient (Wildman–Crippen LogP) is 3.37. The highest BCUT2D eigenvalue weighted by Gasteiger charge is 2.32. The van der Waals surface area contributed by atoms with Gasteiger partial charge in [0.2, 0.25) is 11.8 Å². The van der Waals surface area contributed by atoms with Crippen molar-refractivity contribution in [3.8, 4) is 5.88 Å². The number of cyclic esters (lactones) is 1. The highest BCUT2D eigenvalue weighted by molar-refractivity contribution is 8.00. The minimum atomic E-state index is -0.407. The fourth-order valence-electron chi connectivity index (χ4n) is 4.15. The number of aromatic nitrogens is 2. The van der Waals surface area contributed by atoms with Crippen molar-refractivity contribution in [2.24, 2.45) is 0 Å². The van der Waals surface area contributed by atoms with E-state index in [2.05, 4.69) is 20.6 Å². The van der Waals surface area contributed by atoms with Gasteiger partial charge in [-0.15, -0.1) is 11.8 Å². The van der Waals surface area contributed by atoms with Gasteiger partial charge in [0, 0.05) is 22.2 Å². The normalized spacial score (nSPS) is 17.3. The molecule has 2 aliphatic heterocycles. The second kappa shape index (κ2) is 10.0. The number of nitrogens with zero attached hydrogens (tertiary/aromatic N) is 3. The molecule has 0 bridgehead atoms.